The summed E-state index contributed by atoms with van der Waals surface area (Å²) in [6.07, 6.45) is 6.71. The molecule has 0 radical (unpaired) electrons. The zero-order valence-corrected chi connectivity index (χ0v) is 17.6. The maximum absolute atomic E-state index is 12.8. The van der Waals surface area contributed by atoms with Crippen molar-refractivity contribution in [3.63, 3.8) is 0 Å². The highest BCUT2D eigenvalue weighted by Gasteiger charge is 2.31. The Balaban J connectivity index is 1.25. The van der Waals surface area contributed by atoms with Gasteiger partial charge in [-0.15, -0.1) is 0 Å². The fourth-order valence-electron chi connectivity index (χ4n) is 4.38. The molecule has 0 bridgehead atoms. The number of rotatable bonds is 5. The van der Waals surface area contributed by atoms with Gasteiger partial charge >= 0.3 is 0 Å². The van der Waals surface area contributed by atoms with Crippen molar-refractivity contribution in [3.8, 4) is 11.3 Å². The molecule has 1 aliphatic heterocycles. The molecule has 7 nitrogen and oxygen atoms in total. The lowest BCUT2D eigenvalue weighted by Gasteiger charge is -2.26. The Hall–Kier alpha value is -2.83. The molecule has 1 saturated heterocycles. The van der Waals surface area contributed by atoms with Crippen molar-refractivity contribution in [1.82, 2.24) is 20.7 Å². The Bertz CT molecular complexity index is 857. The van der Waals surface area contributed by atoms with Crippen LogP contribution < -0.4 is 10.6 Å². The fourth-order valence-corrected chi connectivity index (χ4v) is 4.38. The van der Waals surface area contributed by atoms with Crippen molar-refractivity contribution >= 4 is 11.9 Å². The van der Waals surface area contributed by atoms with Gasteiger partial charge in [-0.3, -0.25) is 9.79 Å². The number of amides is 1. The fraction of sp³-hybridized carbons (Fsp3) is 0.522. The predicted octanol–water partition coefficient (Wildman–Crippen LogP) is 3.19. The Morgan fingerprint density at radius 3 is 2.77 bits per heavy atom. The van der Waals surface area contributed by atoms with Gasteiger partial charge in [0.2, 0.25) is 5.91 Å². The van der Waals surface area contributed by atoms with Crippen molar-refractivity contribution in [2.24, 2.45) is 10.9 Å². The maximum Gasteiger partial charge on any atom is 0.225 e. The van der Waals surface area contributed by atoms with Crippen LogP contribution in [0.3, 0.4) is 0 Å². The van der Waals surface area contributed by atoms with E-state index in [1.807, 2.05) is 41.3 Å². The molecule has 1 saturated carbocycles. The summed E-state index contributed by atoms with van der Waals surface area (Å²) in [5.74, 6) is 2.05. The number of benzene rings is 1. The van der Waals surface area contributed by atoms with E-state index in [1.165, 1.54) is 19.3 Å². The van der Waals surface area contributed by atoms with Crippen LogP contribution in [-0.4, -0.2) is 48.1 Å². The van der Waals surface area contributed by atoms with Gasteiger partial charge in [-0.1, -0.05) is 54.8 Å². The van der Waals surface area contributed by atoms with Crippen LogP contribution in [0.2, 0.25) is 0 Å². The van der Waals surface area contributed by atoms with E-state index in [-0.39, 0.29) is 12.0 Å². The number of carbonyl (C=O) groups is 1. The lowest BCUT2D eigenvalue weighted by molar-refractivity contribution is -0.135. The van der Waals surface area contributed by atoms with E-state index in [2.05, 4.69) is 20.8 Å². The third kappa shape index (κ3) is 5.01. The average Bonchev–Trinajstić information content (AvgIpc) is 3.47. The summed E-state index contributed by atoms with van der Waals surface area (Å²) in [6.45, 7) is 2.10. The second-order valence-corrected chi connectivity index (χ2v) is 8.22. The molecule has 2 fully saturated rings. The first-order valence-electron chi connectivity index (χ1n) is 11.0. The topological polar surface area (TPSA) is 82.8 Å². The zero-order valence-electron chi connectivity index (χ0n) is 17.6. The summed E-state index contributed by atoms with van der Waals surface area (Å²) in [5, 5.41) is 10.9. The molecule has 1 aromatic heterocycles. The zero-order chi connectivity index (χ0) is 20.8. The van der Waals surface area contributed by atoms with Gasteiger partial charge < -0.3 is 20.1 Å². The first-order chi connectivity index (χ1) is 14.7. The van der Waals surface area contributed by atoms with Crippen molar-refractivity contribution in [2.75, 3.05) is 20.1 Å². The second kappa shape index (κ2) is 9.78. The van der Waals surface area contributed by atoms with Gasteiger partial charge in [0.15, 0.2) is 11.7 Å². The minimum absolute atomic E-state index is 0.223. The quantitative estimate of drug-likeness (QED) is 0.585. The third-order valence-electron chi connectivity index (χ3n) is 6.07. The molecule has 0 spiro atoms. The van der Waals surface area contributed by atoms with E-state index < -0.39 is 0 Å². The van der Waals surface area contributed by atoms with Crippen molar-refractivity contribution in [1.29, 1.82) is 0 Å². The summed E-state index contributed by atoms with van der Waals surface area (Å²) >= 11 is 0. The van der Waals surface area contributed by atoms with Crippen LogP contribution in [0.25, 0.3) is 11.3 Å². The molecule has 2 heterocycles. The minimum atomic E-state index is 0.223. The average molecular weight is 410 g/mol. The van der Waals surface area contributed by atoms with Gasteiger partial charge in [0.25, 0.3) is 0 Å². The van der Waals surface area contributed by atoms with Crippen LogP contribution >= 0.6 is 0 Å². The number of hydrogen-bond acceptors (Lipinski definition) is 4. The number of aliphatic imine (C=N–C) groups is 1. The van der Waals surface area contributed by atoms with E-state index in [1.54, 1.807) is 7.05 Å². The van der Waals surface area contributed by atoms with Gasteiger partial charge in [-0.25, -0.2) is 0 Å². The molecule has 1 unspecified atom stereocenters. The molecule has 2 aromatic rings. The van der Waals surface area contributed by atoms with Crippen molar-refractivity contribution in [2.45, 2.75) is 51.1 Å². The Kier molecular flexibility index (Phi) is 6.67. The Labute approximate surface area is 177 Å². The van der Waals surface area contributed by atoms with Gasteiger partial charge in [0.05, 0.1) is 6.54 Å². The van der Waals surface area contributed by atoms with Gasteiger partial charge in [0, 0.05) is 43.7 Å². The highest BCUT2D eigenvalue weighted by Crippen LogP contribution is 2.26. The Morgan fingerprint density at radius 2 is 2.00 bits per heavy atom. The number of nitrogens with one attached hydrogen (secondary N) is 2. The molecule has 160 valence electrons. The number of carbonyl (C=O) groups excluding carboxylic acids is 1. The largest absolute Gasteiger partial charge is 0.356 e. The summed E-state index contributed by atoms with van der Waals surface area (Å²) in [4.78, 5) is 19.1. The van der Waals surface area contributed by atoms with Gasteiger partial charge in [-0.05, 0) is 19.3 Å². The van der Waals surface area contributed by atoms with Crippen molar-refractivity contribution in [3.05, 3.63) is 42.1 Å². The normalized spacial score (nSPS) is 20.4. The van der Waals surface area contributed by atoms with E-state index in [0.29, 0.717) is 12.5 Å². The summed E-state index contributed by atoms with van der Waals surface area (Å²) in [6, 6.07) is 12.1. The molecule has 30 heavy (non-hydrogen) atoms. The summed E-state index contributed by atoms with van der Waals surface area (Å²) < 4.78 is 5.45. The summed E-state index contributed by atoms with van der Waals surface area (Å²) in [7, 11) is 1.76. The summed E-state index contributed by atoms with van der Waals surface area (Å²) in [5.41, 5.74) is 1.82. The standard InChI is InChI=1S/C23H31N5O2/c1-24-23(25-15-20-14-21(30-27-20)17-8-4-2-5-9-17)26-19-12-13-28(16-19)22(29)18-10-6-3-7-11-18/h2,4-5,8-9,14,18-19H,3,6-7,10-13,15-16H2,1H3,(H2,24,25,26). The molecular formula is C23H31N5O2. The molecule has 2 aliphatic rings. The molecular weight excluding hydrogens is 378 g/mol. The van der Waals surface area contributed by atoms with E-state index >= 15 is 0 Å². The molecule has 2 N–H and O–H groups in total. The van der Waals surface area contributed by atoms with Crippen LogP contribution in [0.4, 0.5) is 0 Å². The smallest absolute Gasteiger partial charge is 0.225 e. The first-order valence-corrected chi connectivity index (χ1v) is 11.0. The van der Waals surface area contributed by atoms with Crippen LogP contribution in [0.5, 0.6) is 0 Å². The van der Waals surface area contributed by atoms with Crippen LogP contribution in [0.15, 0.2) is 45.9 Å². The molecule has 1 aliphatic carbocycles. The molecule has 1 aromatic carbocycles. The van der Waals surface area contributed by atoms with Crippen LogP contribution in [-0.2, 0) is 11.3 Å². The third-order valence-corrected chi connectivity index (χ3v) is 6.07. The Morgan fingerprint density at radius 1 is 1.20 bits per heavy atom. The number of aromatic nitrogens is 1. The molecule has 7 heteroatoms. The highest BCUT2D eigenvalue weighted by atomic mass is 16.5. The van der Waals surface area contributed by atoms with E-state index in [9.17, 15) is 4.79 Å². The predicted molar refractivity (Wildman–Crippen MR) is 117 cm³/mol. The number of likely N-dealkylation sites (tertiary alicyclic amines) is 1. The highest BCUT2D eigenvalue weighted by molar-refractivity contribution is 5.81. The minimum Gasteiger partial charge on any atom is -0.356 e. The number of hydrogen-bond donors (Lipinski definition) is 2. The lowest BCUT2D eigenvalue weighted by atomic mass is 9.88. The van der Waals surface area contributed by atoms with Gasteiger partial charge in [0.1, 0.15) is 5.69 Å². The van der Waals surface area contributed by atoms with E-state index in [4.69, 9.17) is 4.52 Å². The molecule has 1 amide bonds. The number of nitrogens with zero attached hydrogens (tertiary/aromatic N) is 3. The lowest BCUT2D eigenvalue weighted by Crippen LogP contribution is -2.45. The number of guanidine groups is 1. The van der Waals surface area contributed by atoms with Gasteiger partial charge in [-0.2, -0.15) is 0 Å². The van der Waals surface area contributed by atoms with E-state index in [0.717, 1.165) is 55.3 Å². The monoisotopic (exact) mass is 409 g/mol. The maximum atomic E-state index is 12.8. The van der Waals surface area contributed by atoms with Crippen LogP contribution in [0, 0.1) is 5.92 Å². The van der Waals surface area contributed by atoms with Crippen molar-refractivity contribution < 1.29 is 9.32 Å². The second-order valence-electron chi connectivity index (χ2n) is 8.22. The molecule has 1 atom stereocenters. The van der Waals surface area contributed by atoms with Crippen LogP contribution in [0.1, 0.15) is 44.2 Å². The first kappa shape index (κ1) is 20.4. The SMILES string of the molecule is CN=C(NCc1cc(-c2ccccc2)on1)NC1CCN(C(=O)C2CCCCC2)C1. The molecule has 4 rings (SSSR count).